The molecule has 0 fully saturated rings. The lowest BCUT2D eigenvalue weighted by Crippen LogP contribution is -2.28. The average molecular weight is 272 g/mol. The summed E-state index contributed by atoms with van der Waals surface area (Å²) in [7, 11) is 2.01. The van der Waals surface area contributed by atoms with Crippen molar-refractivity contribution in [2.75, 3.05) is 0 Å². The lowest BCUT2D eigenvalue weighted by Gasteiger charge is -2.17. The van der Waals surface area contributed by atoms with Crippen molar-refractivity contribution >= 4 is 0 Å². The monoisotopic (exact) mass is 272 g/mol. The van der Waals surface area contributed by atoms with E-state index in [9.17, 15) is 0 Å². The summed E-state index contributed by atoms with van der Waals surface area (Å²) in [6, 6.07) is 6.61. The molecule has 20 heavy (non-hydrogen) atoms. The van der Waals surface area contributed by atoms with Crippen molar-refractivity contribution in [3.63, 3.8) is 0 Å². The van der Waals surface area contributed by atoms with E-state index in [1.54, 1.807) is 0 Å². The van der Waals surface area contributed by atoms with Crippen molar-refractivity contribution in [3.8, 4) is 0 Å². The molecule has 1 unspecified atom stereocenters. The second-order valence-electron chi connectivity index (χ2n) is 5.23. The number of nitrogens with two attached hydrogens (primary N) is 1. The summed E-state index contributed by atoms with van der Waals surface area (Å²) in [5, 5.41) is 0. The van der Waals surface area contributed by atoms with Crippen LogP contribution in [0.5, 0.6) is 0 Å². The Morgan fingerprint density at radius 3 is 3.00 bits per heavy atom. The van der Waals surface area contributed by atoms with E-state index in [0.29, 0.717) is 6.61 Å². The van der Waals surface area contributed by atoms with E-state index in [-0.39, 0.29) is 6.04 Å². The lowest BCUT2D eigenvalue weighted by atomic mass is 9.98. The summed E-state index contributed by atoms with van der Waals surface area (Å²) in [6.07, 6.45) is 5.60. The molecule has 5 nitrogen and oxygen atoms in total. The van der Waals surface area contributed by atoms with Gasteiger partial charge in [0.05, 0.1) is 13.2 Å². The van der Waals surface area contributed by atoms with Crippen LogP contribution >= 0.6 is 0 Å². The molecule has 0 saturated carbocycles. The predicted octanol–water partition coefficient (Wildman–Crippen LogP) is 1.59. The Balaban J connectivity index is 1.71. The average Bonchev–Trinajstić information content (AvgIpc) is 3.08. The van der Waals surface area contributed by atoms with Gasteiger partial charge in [0.1, 0.15) is 5.82 Å². The zero-order chi connectivity index (χ0) is 13.9. The number of hydrogen-bond acceptors (Lipinski definition) is 4. The minimum Gasteiger partial charge on any atom is -0.372 e. The SMILES string of the molecule is Cn1ccnc1CCC(NN)c1ccc2c(c1)COC2. The molecule has 0 aliphatic carbocycles. The number of nitrogens with one attached hydrogen (secondary N) is 1. The zero-order valence-electron chi connectivity index (χ0n) is 11.7. The summed E-state index contributed by atoms with van der Waals surface area (Å²) >= 11 is 0. The summed E-state index contributed by atoms with van der Waals surface area (Å²) < 4.78 is 7.50. The lowest BCUT2D eigenvalue weighted by molar-refractivity contribution is 0.134. The number of benzene rings is 1. The maximum atomic E-state index is 5.72. The number of hydrogen-bond donors (Lipinski definition) is 2. The van der Waals surface area contributed by atoms with E-state index in [2.05, 4.69) is 28.6 Å². The molecule has 2 heterocycles. The Kier molecular flexibility index (Phi) is 3.82. The highest BCUT2D eigenvalue weighted by molar-refractivity contribution is 5.34. The first kappa shape index (κ1) is 13.3. The Labute approximate surface area is 118 Å². The number of ether oxygens (including phenoxy) is 1. The van der Waals surface area contributed by atoms with Crippen LogP contribution in [0.1, 0.15) is 35.0 Å². The molecule has 2 aromatic rings. The molecule has 1 aromatic carbocycles. The molecular formula is C15H20N4O. The number of fused-ring (bicyclic) bond motifs is 1. The van der Waals surface area contributed by atoms with Gasteiger partial charge in [0.2, 0.25) is 0 Å². The fourth-order valence-electron chi connectivity index (χ4n) is 2.67. The molecule has 0 spiro atoms. The molecule has 5 heteroatoms. The van der Waals surface area contributed by atoms with Crippen LogP contribution < -0.4 is 11.3 Å². The minimum absolute atomic E-state index is 0.137. The van der Waals surface area contributed by atoms with Crippen LogP contribution in [0.15, 0.2) is 30.6 Å². The van der Waals surface area contributed by atoms with Crippen LogP contribution in [0.3, 0.4) is 0 Å². The number of imidazole rings is 1. The van der Waals surface area contributed by atoms with Crippen molar-refractivity contribution in [1.29, 1.82) is 0 Å². The van der Waals surface area contributed by atoms with Gasteiger partial charge in [-0.15, -0.1) is 0 Å². The summed E-state index contributed by atoms with van der Waals surface area (Å²) in [4.78, 5) is 4.35. The second-order valence-corrected chi connectivity index (χ2v) is 5.23. The van der Waals surface area contributed by atoms with Crippen molar-refractivity contribution in [1.82, 2.24) is 15.0 Å². The van der Waals surface area contributed by atoms with Crippen molar-refractivity contribution < 1.29 is 4.74 Å². The molecule has 0 amide bonds. The Bertz CT molecular complexity index is 593. The highest BCUT2D eigenvalue weighted by atomic mass is 16.5. The van der Waals surface area contributed by atoms with Gasteiger partial charge in [0.15, 0.2) is 0 Å². The van der Waals surface area contributed by atoms with Crippen LogP contribution in [0.25, 0.3) is 0 Å². The first-order chi connectivity index (χ1) is 9.78. The number of aromatic nitrogens is 2. The quantitative estimate of drug-likeness (QED) is 0.641. The molecule has 1 aliphatic rings. The van der Waals surface area contributed by atoms with Crippen LogP contribution in [0, 0.1) is 0 Å². The van der Waals surface area contributed by atoms with Gasteiger partial charge in [-0.25, -0.2) is 4.98 Å². The summed E-state index contributed by atoms with van der Waals surface area (Å²) in [6.45, 7) is 1.43. The van der Waals surface area contributed by atoms with Crippen molar-refractivity contribution in [2.24, 2.45) is 12.9 Å². The van der Waals surface area contributed by atoms with E-state index in [4.69, 9.17) is 10.6 Å². The molecule has 3 N–H and O–H groups in total. The topological polar surface area (TPSA) is 65.1 Å². The Morgan fingerprint density at radius 1 is 1.40 bits per heavy atom. The van der Waals surface area contributed by atoms with E-state index < -0.39 is 0 Å². The highest BCUT2D eigenvalue weighted by Crippen LogP contribution is 2.25. The van der Waals surface area contributed by atoms with Gasteiger partial charge in [-0.05, 0) is 23.1 Å². The van der Waals surface area contributed by atoms with Crippen molar-refractivity contribution in [3.05, 3.63) is 53.1 Å². The zero-order valence-corrected chi connectivity index (χ0v) is 11.7. The molecule has 0 bridgehead atoms. The molecule has 1 atom stereocenters. The number of aryl methyl sites for hydroxylation is 2. The predicted molar refractivity (Wildman–Crippen MR) is 76.5 cm³/mol. The normalized spacial score (nSPS) is 15.3. The van der Waals surface area contributed by atoms with Gasteiger partial charge in [-0.3, -0.25) is 11.3 Å². The molecule has 1 aromatic heterocycles. The van der Waals surface area contributed by atoms with Gasteiger partial charge in [-0.1, -0.05) is 18.2 Å². The standard InChI is InChI=1S/C15H20N4O/c1-19-7-6-17-15(19)5-4-14(18-16)11-2-3-12-9-20-10-13(12)8-11/h2-3,6-8,14,18H,4-5,9-10,16H2,1H3. The minimum atomic E-state index is 0.137. The van der Waals surface area contributed by atoms with Gasteiger partial charge in [0, 0.05) is 31.9 Å². The van der Waals surface area contributed by atoms with E-state index in [1.807, 2.05) is 24.0 Å². The Morgan fingerprint density at radius 2 is 2.25 bits per heavy atom. The van der Waals surface area contributed by atoms with E-state index in [0.717, 1.165) is 25.3 Å². The highest BCUT2D eigenvalue weighted by Gasteiger charge is 2.16. The molecular weight excluding hydrogens is 252 g/mol. The first-order valence-corrected chi connectivity index (χ1v) is 6.89. The fraction of sp³-hybridized carbons (Fsp3) is 0.400. The van der Waals surface area contributed by atoms with Crippen LogP contribution in [-0.4, -0.2) is 9.55 Å². The van der Waals surface area contributed by atoms with Gasteiger partial charge >= 0.3 is 0 Å². The molecule has 106 valence electrons. The third kappa shape index (κ3) is 2.60. The van der Waals surface area contributed by atoms with Crippen LogP contribution in [0.4, 0.5) is 0 Å². The second kappa shape index (κ2) is 5.75. The summed E-state index contributed by atoms with van der Waals surface area (Å²) in [5.41, 5.74) is 6.69. The molecule has 0 saturated heterocycles. The van der Waals surface area contributed by atoms with E-state index >= 15 is 0 Å². The first-order valence-electron chi connectivity index (χ1n) is 6.89. The molecule has 1 aliphatic heterocycles. The third-order valence-corrected chi connectivity index (χ3v) is 3.93. The van der Waals surface area contributed by atoms with Gasteiger partial charge in [0.25, 0.3) is 0 Å². The molecule has 0 radical (unpaired) electrons. The number of rotatable bonds is 5. The largest absolute Gasteiger partial charge is 0.372 e. The summed E-state index contributed by atoms with van der Waals surface area (Å²) in [5.74, 6) is 6.80. The van der Waals surface area contributed by atoms with Crippen LogP contribution in [0.2, 0.25) is 0 Å². The number of nitrogens with zero attached hydrogens (tertiary/aromatic N) is 2. The number of hydrazine groups is 1. The van der Waals surface area contributed by atoms with Gasteiger partial charge in [-0.2, -0.15) is 0 Å². The smallest absolute Gasteiger partial charge is 0.108 e. The maximum absolute atomic E-state index is 5.72. The third-order valence-electron chi connectivity index (χ3n) is 3.93. The van der Waals surface area contributed by atoms with Crippen LogP contribution in [-0.2, 0) is 31.4 Å². The van der Waals surface area contributed by atoms with Crippen molar-refractivity contribution in [2.45, 2.75) is 32.1 Å². The maximum Gasteiger partial charge on any atom is 0.108 e. The Hall–Kier alpha value is -1.69. The van der Waals surface area contributed by atoms with E-state index in [1.165, 1.54) is 16.7 Å². The molecule has 3 rings (SSSR count). The fourth-order valence-corrected chi connectivity index (χ4v) is 2.67. The van der Waals surface area contributed by atoms with Gasteiger partial charge < -0.3 is 9.30 Å².